The number of fused-ring (bicyclic) bond motifs is 1. The standard InChI is InChI=1S/C10H13N5O5/c11-7-4-8(14-10(19)13-7)15(2-12-4)9-6(18)5(17)3(1-16)20-9/h2-3,5-6,9,16-18H,1H2,(H3,11,13,14,19)/t3-,5+,6-,9+/m0/s1. The molecule has 0 unspecified atom stereocenters. The third kappa shape index (κ3) is 1.78. The summed E-state index contributed by atoms with van der Waals surface area (Å²) in [4.78, 5) is 21.4. The number of H-pyrrole nitrogens is 1. The van der Waals surface area contributed by atoms with E-state index in [0.717, 1.165) is 0 Å². The molecule has 0 amide bonds. The molecule has 10 nitrogen and oxygen atoms in total. The highest BCUT2D eigenvalue weighted by Crippen LogP contribution is 2.31. The molecule has 10 heteroatoms. The molecule has 0 aliphatic carbocycles. The third-order valence-corrected chi connectivity index (χ3v) is 3.26. The number of hydrogen-bond donors (Lipinski definition) is 5. The Morgan fingerprint density at radius 2 is 2.20 bits per heavy atom. The average Bonchev–Trinajstić information content (AvgIpc) is 2.93. The number of nitrogens with one attached hydrogen (secondary N) is 1. The fourth-order valence-corrected chi connectivity index (χ4v) is 2.25. The minimum Gasteiger partial charge on any atom is -0.394 e. The fraction of sp³-hybridized carbons (Fsp3) is 0.500. The maximum Gasteiger partial charge on any atom is 0.348 e. The lowest BCUT2D eigenvalue weighted by Gasteiger charge is -2.16. The van der Waals surface area contributed by atoms with Crippen LogP contribution in [0.3, 0.4) is 0 Å². The van der Waals surface area contributed by atoms with Crippen molar-refractivity contribution < 1.29 is 20.1 Å². The first-order chi connectivity index (χ1) is 9.52. The number of ether oxygens (including phenoxy) is 1. The van der Waals surface area contributed by atoms with E-state index in [0.29, 0.717) is 0 Å². The van der Waals surface area contributed by atoms with Crippen LogP contribution >= 0.6 is 0 Å². The molecule has 2 aromatic rings. The highest BCUT2D eigenvalue weighted by Gasteiger charge is 2.44. The molecular formula is C10H13N5O5. The van der Waals surface area contributed by atoms with Gasteiger partial charge in [-0.3, -0.25) is 9.55 Å². The predicted molar refractivity (Wildman–Crippen MR) is 65.6 cm³/mol. The summed E-state index contributed by atoms with van der Waals surface area (Å²) < 4.78 is 6.64. The van der Waals surface area contributed by atoms with E-state index in [9.17, 15) is 15.0 Å². The van der Waals surface area contributed by atoms with Gasteiger partial charge in [0.05, 0.1) is 12.9 Å². The molecule has 1 aliphatic rings. The minimum absolute atomic E-state index is 0.0468. The highest BCUT2D eigenvalue weighted by atomic mass is 16.6. The van der Waals surface area contributed by atoms with E-state index in [1.165, 1.54) is 10.9 Å². The van der Waals surface area contributed by atoms with Gasteiger partial charge in [0.1, 0.15) is 29.6 Å². The molecule has 3 heterocycles. The molecule has 0 saturated carbocycles. The van der Waals surface area contributed by atoms with Crippen molar-refractivity contribution in [2.45, 2.75) is 24.5 Å². The van der Waals surface area contributed by atoms with Gasteiger partial charge in [-0.2, -0.15) is 4.98 Å². The van der Waals surface area contributed by atoms with E-state index >= 15 is 0 Å². The van der Waals surface area contributed by atoms with Gasteiger partial charge in [0.25, 0.3) is 0 Å². The summed E-state index contributed by atoms with van der Waals surface area (Å²) in [5, 5.41) is 28.7. The van der Waals surface area contributed by atoms with Crippen LogP contribution in [0.4, 0.5) is 5.82 Å². The van der Waals surface area contributed by atoms with Gasteiger partial charge in [-0.25, -0.2) is 9.78 Å². The van der Waals surface area contributed by atoms with Crippen LogP contribution in [0.2, 0.25) is 0 Å². The van der Waals surface area contributed by atoms with Gasteiger partial charge in [0.15, 0.2) is 11.9 Å². The first kappa shape index (κ1) is 13.0. The lowest BCUT2D eigenvalue weighted by atomic mass is 10.1. The quantitative estimate of drug-likeness (QED) is 0.398. The summed E-state index contributed by atoms with van der Waals surface area (Å²) in [6, 6.07) is 0. The molecule has 1 fully saturated rings. The van der Waals surface area contributed by atoms with Gasteiger partial charge >= 0.3 is 5.69 Å². The number of hydrogen-bond acceptors (Lipinski definition) is 8. The summed E-state index contributed by atoms with van der Waals surface area (Å²) in [7, 11) is 0. The van der Waals surface area contributed by atoms with Crippen molar-refractivity contribution in [3.63, 3.8) is 0 Å². The van der Waals surface area contributed by atoms with E-state index in [1.54, 1.807) is 0 Å². The highest BCUT2D eigenvalue weighted by molar-refractivity contribution is 5.81. The lowest BCUT2D eigenvalue weighted by molar-refractivity contribution is -0.0511. The number of aromatic nitrogens is 4. The molecular weight excluding hydrogens is 270 g/mol. The monoisotopic (exact) mass is 283 g/mol. The van der Waals surface area contributed by atoms with Crippen LogP contribution in [-0.2, 0) is 4.74 Å². The smallest absolute Gasteiger partial charge is 0.348 e. The first-order valence-corrected chi connectivity index (χ1v) is 5.87. The number of imidazole rings is 1. The Morgan fingerprint density at radius 3 is 2.85 bits per heavy atom. The molecule has 20 heavy (non-hydrogen) atoms. The van der Waals surface area contributed by atoms with Crippen LogP contribution < -0.4 is 11.4 Å². The SMILES string of the molecule is Nc1[nH]c(=O)nc2c1ncn2[C@@H]1O[C@@H](CO)[C@@H](O)[C@@H]1O. The largest absolute Gasteiger partial charge is 0.394 e. The van der Waals surface area contributed by atoms with E-state index in [1.807, 2.05) is 0 Å². The van der Waals surface area contributed by atoms with Crippen molar-refractivity contribution in [3.8, 4) is 0 Å². The molecule has 108 valence electrons. The molecule has 1 saturated heterocycles. The Labute approximate surface area is 111 Å². The zero-order chi connectivity index (χ0) is 14.4. The average molecular weight is 283 g/mol. The van der Waals surface area contributed by atoms with Crippen molar-refractivity contribution in [2.75, 3.05) is 12.3 Å². The van der Waals surface area contributed by atoms with Gasteiger partial charge in [0, 0.05) is 0 Å². The topological polar surface area (TPSA) is 160 Å². The number of rotatable bonds is 2. The second kappa shape index (κ2) is 4.52. The molecule has 4 atom stereocenters. The van der Waals surface area contributed by atoms with Crippen molar-refractivity contribution in [2.24, 2.45) is 0 Å². The van der Waals surface area contributed by atoms with Gasteiger partial charge in [0.2, 0.25) is 0 Å². The van der Waals surface area contributed by atoms with Gasteiger partial charge in [-0.15, -0.1) is 0 Å². The van der Waals surface area contributed by atoms with Crippen molar-refractivity contribution in [1.29, 1.82) is 0 Å². The molecule has 6 N–H and O–H groups in total. The van der Waals surface area contributed by atoms with E-state index < -0.39 is 36.8 Å². The number of aliphatic hydroxyl groups is 3. The summed E-state index contributed by atoms with van der Waals surface area (Å²) in [6.07, 6.45) is -3.18. The summed E-state index contributed by atoms with van der Waals surface area (Å²) in [5.41, 5.74) is 5.34. The van der Waals surface area contributed by atoms with Gasteiger partial charge in [-0.05, 0) is 0 Å². The Bertz CT molecular complexity index is 697. The van der Waals surface area contributed by atoms with Gasteiger partial charge in [-0.1, -0.05) is 0 Å². The second-order valence-corrected chi connectivity index (χ2v) is 4.51. The number of anilines is 1. The summed E-state index contributed by atoms with van der Waals surface area (Å²) in [5.74, 6) is 0.0468. The van der Waals surface area contributed by atoms with E-state index in [-0.39, 0.29) is 17.0 Å². The summed E-state index contributed by atoms with van der Waals surface area (Å²) >= 11 is 0. The van der Waals surface area contributed by atoms with Crippen LogP contribution in [0.25, 0.3) is 11.2 Å². The number of aliphatic hydroxyl groups excluding tert-OH is 3. The van der Waals surface area contributed by atoms with Crippen LogP contribution in [0, 0.1) is 0 Å². The first-order valence-electron chi connectivity index (χ1n) is 5.87. The van der Waals surface area contributed by atoms with Crippen LogP contribution in [0.15, 0.2) is 11.1 Å². The van der Waals surface area contributed by atoms with Crippen molar-refractivity contribution in [1.82, 2.24) is 19.5 Å². The fourth-order valence-electron chi connectivity index (χ4n) is 2.25. The zero-order valence-electron chi connectivity index (χ0n) is 10.2. The van der Waals surface area contributed by atoms with Crippen LogP contribution in [-0.4, -0.2) is 59.8 Å². The van der Waals surface area contributed by atoms with E-state index in [4.69, 9.17) is 15.6 Å². The Morgan fingerprint density at radius 1 is 1.45 bits per heavy atom. The maximum atomic E-state index is 11.4. The zero-order valence-corrected chi connectivity index (χ0v) is 10.2. The number of nitrogens with two attached hydrogens (primary N) is 1. The second-order valence-electron chi connectivity index (χ2n) is 4.51. The lowest BCUT2D eigenvalue weighted by Crippen LogP contribution is -2.33. The molecule has 2 aromatic heterocycles. The molecule has 0 radical (unpaired) electrons. The van der Waals surface area contributed by atoms with Crippen LogP contribution in [0.5, 0.6) is 0 Å². The third-order valence-electron chi connectivity index (χ3n) is 3.26. The molecule has 0 spiro atoms. The Kier molecular flexibility index (Phi) is 2.94. The van der Waals surface area contributed by atoms with Crippen molar-refractivity contribution in [3.05, 3.63) is 16.8 Å². The number of nitrogen functional groups attached to an aromatic ring is 1. The predicted octanol–water partition coefficient (Wildman–Crippen LogP) is -2.69. The summed E-state index contributed by atoms with van der Waals surface area (Å²) in [6.45, 7) is -0.447. The maximum absolute atomic E-state index is 11.4. The molecule has 0 bridgehead atoms. The van der Waals surface area contributed by atoms with Crippen molar-refractivity contribution >= 4 is 17.0 Å². The molecule has 1 aliphatic heterocycles. The Hall–Kier alpha value is -2.01. The van der Waals surface area contributed by atoms with Gasteiger partial charge < -0.3 is 25.8 Å². The molecule has 0 aromatic carbocycles. The minimum atomic E-state index is -1.29. The van der Waals surface area contributed by atoms with E-state index in [2.05, 4.69) is 15.0 Å². The van der Waals surface area contributed by atoms with Crippen LogP contribution in [0.1, 0.15) is 6.23 Å². The Balaban J connectivity index is 2.09. The normalized spacial score (nSPS) is 30.1. The molecule has 3 rings (SSSR count). The number of nitrogens with zero attached hydrogens (tertiary/aromatic N) is 3. The number of aromatic amines is 1.